The molecular weight excluding hydrogens is 312 g/mol. The van der Waals surface area contributed by atoms with Crippen molar-refractivity contribution in [2.75, 3.05) is 26.3 Å². The molecule has 1 aromatic heterocycles. The number of likely N-dealkylation sites (tertiary alicyclic amines) is 1. The molecule has 0 bridgehead atoms. The van der Waals surface area contributed by atoms with Crippen LogP contribution in [0.25, 0.3) is 0 Å². The van der Waals surface area contributed by atoms with Gasteiger partial charge >= 0.3 is 6.03 Å². The number of amides is 2. The summed E-state index contributed by atoms with van der Waals surface area (Å²) in [4.78, 5) is 17.0. The second-order valence-electron chi connectivity index (χ2n) is 6.62. The lowest BCUT2D eigenvalue weighted by atomic mass is 9.90. The molecule has 23 heavy (non-hydrogen) atoms. The average molecular weight is 338 g/mol. The van der Waals surface area contributed by atoms with Crippen molar-refractivity contribution >= 4 is 17.4 Å². The van der Waals surface area contributed by atoms with Gasteiger partial charge in [-0.25, -0.2) is 4.79 Å². The zero-order valence-electron chi connectivity index (χ0n) is 14.1. The lowest BCUT2D eigenvalue weighted by Crippen LogP contribution is -2.51. The molecule has 3 rings (SSSR count). The summed E-state index contributed by atoms with van der Waals surface area (Å²) in [5.74, 6) is -0.293. The summed E-state index contributed by atoms with van der Waals surface area (Å²) < 4.78 is 11.6. The summed E-state index contributed by atoms with van der Waals surface area (Å²) in [5, 5.41) is 3.12. The Morgan fingerprint density at radius 2 is 2.17 bits per heavy atom. The third-order valence-corrected chi connectivity index (χ3v) is 6.02. The number of aryl methyl sites for hydroxylation is 1. The average Bonchev–Trinajstić information content (AvgIpc) is 3.17. The van der Waals surface area contributed by atoms with E-state index in [9.17, 15) is 4.79 Å². The molecule has 0 radical (unpaired) electrons. The fourth-order valence-electron chi connectivity index (χ4n) is 3.39. The number of nitrogens with one attached hydrogen (secondary N) is 1. The van der Waals surface area contributed by atoms with Crippen LogP contribution in [0.4, 0.5) is 4.79 Å². The third-order valence-electron chi connectivity index (χ3n) is 4.84. The van der Waals surface area contributed by atoms with Gasteiger partial charge in [0, 0.05) is 28.8 Å². The molecule has 0 saturated carbocycles. The number of hydrogen-bond acceptors (Lipinski definition) is 4. The number of nitrogens with zero attached hydrogens (tertiary/aromatic N) is 1. The van der Waals surface area contributed by atoms with Crippen molar-refractivity contribution in [3.05, 3.63) is 21.9 Å². The molecule has 3 heterocycles. The van der Waals surface area contributed by atoms with Crippen LogP contribution in [-0.4, -0.2) is 43.0 Å². The molecule has 0 aliphatic carbocycles. The third kappa shape index (κ3) is 3.70. The van der Waals surface area contributed by atoms with Crippen molar-refractivity contribution in [2.24, 2.45) is 5.92 Å². The summed E-state index contributed by atoms with van der Waals surface area (Å²) in [7, 11) is 0. The van der Waals surface area contributed by atoms with E-state index < -0.39 is 5.79 Å². The molecule has 2 aliphatic rings. The first-order chi connectivity index (χ1) is 11.0. The number of urea groups is 1. The number of carbonyl (C=O) groups excluding carboxylic acids is 1. The van der Waals surface area contributed by atoms with Crippen LogP contribution >= 0.6 is 11.3 Å². The van der Waals surface area contributed by atoms with E-state index >= 15 is 0 Å². The Bertz CT molecular complexity index is 554. The van der Waals surface area contributed by atoms with Crippen molar-refractivity contribution in [3.63, 3.8) is 0 Å². The minimum atomic E-state index is -0.532. The molecule has 0 spiro atoms. The maximum Gasteiger partial charge on any atom is 0.317 e. The molecule has 128 valence electrons. The van der Waals surface area contributed by atoms with Crippen LogP contribution in [-0.2, 0) is 9.47 Å². The minimum absolute atomic E-state index is 0.00912. The second-order valence-corrected chi connectivity index (χ2v) is 7.94. The van der Waals surface area contributed by atoms with Gasteiger partial charge in [0.05, 0.1) is 19.3 Å². The van der Waals surface area contributed by atoms with Gasteiger partial charge in [-0.3, -0.25) is 0 Å². The van der Waals surface area contributed by atoms with Crippen LogP contribution in [0.5, 0.6) is 0 Å². The van der Waals surface area contributed by atoms with E-state index in [4.69, 9.17) is 9.47 Å². The Kier molecular flexibility index (Phi) is 4.94. The zero-order valence-corrected chi connectivity index (χ0v) is 14.9. The normalized spacial score (nSPS) is 25.3. The highest BCUT2D eigenvalue weighted by molar-refractivity contribution is 7.12. The number of ether oxygens (including phenoxy) is 2. The molecule has 0 unspecified atom stereocenters. The molecule has 1 N–H and O–H groups in total. The predicted molar refractivity (Wildman–Crippen MR) is 90.6 cm³/mol. The van der Waals surface area contributed by atoms with Gasteiger partial charge in [0.2, 0.25) is 0 Å². The van der Waals surface area contributed by atoms with Crippen LogP contribution in [0.3, 0.4) is 0 Å². The summed E-state index contributed by atoms with van der Waals surface area (Å²) in [6.07, 6.45) is 2.03. The van der Waals surface area contributed by atoms with Crippen molar-refractivity contribution in [1.29, 1.82) is 0 Å². The Balaban J connectivity index is 1.58. The van der Waals surface area contributed by atoms with Gasteiger partial charge in [-0.05, 0) is 45.7 Å². The van der Waals surface area contributed by atoms with E-state index in [1.807, 2.05) is 18.7 Å². The summed E-state index contributed by atoms with van der Waals surface area (Å²) >= 11 is 1.73. The van der Waals surface area contributed by atoms with Gasteiger partial charge < -0.3 is 19.7 Å². The van der Waals surface area contributed by atoms with Crippen molar-refractivity contribution in [1.82, 2.24) is 10.2 Å². The lowest BCUT2D eigenvalue weighted by molar-refractivity contribution is -0.189. The van der Waals surface area contributed by atoms with Gasteiger partial charge in [0.25, 0.3) is 0 Å². The van der Waals surface area contributed by atoms with Crippen molar-refractivity contribution in [3.8, 4) is 0 Å². The Morgan fingerprint density at radius 3 is 2.83 bits per heavy atom. The quantitative estimate of drug-likeness (QED) is 0.920. The number of hydrogen-bond donors (Lipinski definition) is 1. The molecule has 2 aliphatic heterocycles. The largest absolute Gasteiger partial charge is 0.347 e. The fourth-order valence-corrected chi connectivity index (χ4v) is 4.27. The second kappa shape index (κ2) is 6.79. The smallest absolute Gasteiger partial charge is 0.317 e. The molecule has 2 amide bonds. The Morgan fingerprint density at radius 1 is 1.43 bits per heavy atom. The number of rotatable bonds is 3. The molecule has 2 atom stereocenters. The summed E-state index contributed by atoms with van der Waals surface area (Å²) in [6, 6.07) is 4.23. The maximum atomic E-state index is 12.6. The van der Waals surface area contributed by atoms with Crippen LogP contribution in [0.2, 0.25) is 0 Å². The molecular formula is C17H26N2O3S. The van der Waals surface area contributed by atoms with Crippen LogP contribution in [0.1, 0.15) is 42.5 Å². The molecule has 5 nitrogen and oxygen atoms in total. The topological polar surface area (TPSA) is 50.8 Å². The van der Waals surface area contributed by atoms with E-state index in [2.05, 4.69) is 24.4 Å². The molecule has 0 aromatic carbocycles. The molecule has 6 heteroatoms. The Labute approximate surface area is 142 Å². The number of piperidine rings is 1. The summed E-state index contributed by atoms with van der Waals surface area (Å²) in [6.45, 7) is 8.91. The molecule has 1 aromatic rings. The van der Waals surface area contributed by atoms with Gasteiger partial charge in [0.1, 0.15) is 0 Å². The van der Waals surface area contributed by atoms with Crippen LogP contribution in [0, 0.1) is 12.8 Å². The minimum Gasteiger partial charge on any atom is -0.347 e. The van der Waals surface area contributed by atoms with Gasteiger partial charge in [-0.1, -0.05) is 0 Å². The highest BCUT2D eigenvalue weighted by Gasteiger charge is 2.42. The van der Waals surface area contributed by atoms with E-state index in [0.717, 1.165) is 19.4 Å². The lowest BCUT2D eigenvalue weighted by Gasteiger charge is -2.40. The van der Waals surface area contributed by atoms with Crippen molar-refractivity contribution < 1.29 is 14.3 Å². The van der Waals surface area contributed by atoms with E-state index in [1.165, 1.54) is 9.75 Å². The standard InChI is InChI=1S/C17H26N2O3S/c1-12-6-7-15(23-12)13(2)18-16(20)19-8-4-5-14(11-19)17(3)21-9-10-22-17/h6-7,13-14H,4-5,8-11H2,1-3H3,(H,18,20)/t13-,14+/m1/s1. The number of carbonyl (C=O) groups is 1. The molecule has 2 saturated heterocycles. The Hall–Kier alpha value is -1.11. The van der Waals surface area contributed by atoms with Gasteiger partial charge in [-0.2, -0.15) is 0 Å². The maximum absolute atomic E-state index is 12.6. The fraction of sp³-hybridized carbons (Fsp3) is 0.706. The van der Waals surface area contributed by atoms with Crippen LogP contribution in [0.15, 0.2) is 12.1 Å². The van der Waals surface area contributed by atoms with E-state index in [1.54, 1.807) is 11.3 Å². The van der Waals surface area contributed by atoms with E-state index in [0.29, 0.717) is 19.8 Å². The van der Waals surface area contributed by atoms with Crippen LogP contribution < -0.4 is 5.32 Å². The predicted octanol–water partition coefficient (Wildman–Crippen LogP) is 3.30. The van der Waals surface area contributed by atoms with Gasteiger partial charge in [0.15, 0.2) is 5.79 Å². The number of thiophene rings is 1. The monoisotopic (exact) mass is 338 g/mol. The first kappa shape index (κ1) is 16.7. The highest BCUT2D eigenvalue weighted by Crippen LogP contribution is 2.34. The van der Waals surface area contributed by atoms with Crippen molar-refractivity contribution in [2.45, 2.75) is 45.4 Å². The first-order valence-corrected chi connectivity index (χ1v) is 9.19. The van der Waals surface area contributed by atoms with E-state index in [-0.39, 0.29) is 18.0 Å². The zero-order chi connectivity index (χ0) is 16.4. The first-order valence-electron chi connectivity index (χ1n) is 8.37. The van der Waals surface area contributed by atoms with Gasteiger partial charge in [-0.15, -0.1) is 11.3 Å². The SMILES string of the molecule is Cc1ccc([C@@H](C)NC(=O)N2CCC[C@H](C3(C)OCCO3)C2)s1. The molecule has 2 fully saturated rings. The highest BCUT2D eigenvalue weighted by atomic mass is 32.1. The summed E-state index contributed by atoms with van der Waals surface area (Å²) in [5.41, 5.74) is 0.